The zero-order valence-corrected chi connectivity index (χ0v) is 17.9. The van der Waals surface area contributed by atoms with Crippen molar-refractivity contribution in [3.8, 4) is 0 Å². The zero-order chi connectivity index (χ0) is 21.5. The number of aryl methyl sites for hydroxylation is 1. The average Bonchev–Trinajstić information content (AvgIpc) is 3.34. The van der Waals surface area contributed by atoms with E-state index in [4.69, 9.17) is 11.6 Å². The summed E-state index contributed by atoms with van der Waals surface area (Å²) in [6.45, 7) is 0. The van der Waals surface area contributed by atoms with Crippen LogP contribution in [0.15, 0.2) is 48.9 Å². The van der Waals surface area contributed by atoms with Crippen molar-refractivity contribution in [2.75, 3.05) is 12.4 Å². The predicted octanol–water partition coefficient (Wildman–Crippen LogP) is 3.59. The van der Waals surface area contributed by atoms with Crippen LogP contribution in [0.2, 0.25) is 5.15 Å². The highest BCUT2D eigenvalue weighted by Crippen LogP contribution is 2.39. The second-order valence-electron chi connectivity index (χ2n) is 8.18. The minimum Gasteiger partial charge on any atom is -0.390 e. The van der Waals surface area contributed by atoms with Crippen LogP contribution < -0.4 is 5.32 Å². The number of hydrogen-bond donors (Lipinski definition) is 3. The Morgan fingerprint density at radius 2 is 1.97 bits per heavy atom. The fourth-order valence-corrected chi connectivity index (χ4v) is 4.87. The molecule has 0 amide bonds. The number of hydrogen-bond acceptors (Lipinski definition) is 6. The van der Waals surface area contributed by atoms with Crippen LogP contribution in [0.25, 0.3) is 21.9 Å². The Morgan fingerprint density at radius 3 is 2.81 bits per heavy atom. The van der Waals surface area contributed by atoms with Crippen molar-refractivity contribution in [1.29, 1.82) is 0 Å². The maximum Gasteiger partial charge on any atom is 0.145 e. The molecule has 0 bridgehead atoms. The van der Waals surface area contributed by atoms with Crippen LogP contribution in [-0.2, 0) is 6.42 Å². The van der Waals surface area contributed by atoms with Crippen LogP contribution in [0.4, 0.5) is 5.82 Å². The second kappa shape index (κ2) is 8.07. The van der Waals surface area contributed by atoms with Gasteiger partial charge in [0, 0.05) is 18.6 Å². The number of rotatable bonds is 5. The van der Waals surface area contributed by atoms with Gasteiger partial charge in [0.2, 0.25) is 0 Å². The molecular formula is C23H24ClN5O2. The van der Waals surface area contributed by atoms with Gasteiger partial charge in [-0.25, -0.2) is 15.0 Å². The molecule has 0 unspecified atom stereocenters. The summed E-state index contributed by atoms with van der Waals surface area (Å²) in [5.41, 5.74) is 2.80. The third-order valence-corrected chi connectivity index (χ3v) is 6.71. The fourth-order valence-electron chi connectivity index (χ4n) is 4.68. The van der Waals surface area contributed by atoms with E-state index in [1.807, 2.05) is 29.9 Å². The molecule has 1 saturated carbocycles. The lowest BCUT2D eigenvalue weighted by molar-refractivity contribution is 0.00545. The van der Waals surface area contributed by atoms with Gasteiger partial charge in [-0.05, 0) is 55.0 Å². The summed E-state index contributed by atoms with van der Waals surface area (Å²) in [6, 6.07) is 11.9. The number of aliphatic hydroxyl groups excluding tert-OH is 2. The lowest BCUT2D eigenvalue weighted by Gasteiger charge is -2.19. The van der Waals surface area contributed by atoms with E-state index >= 15 is 0 Å². The maximum absolute atomic E-state index is 10.8. The molecule has 8 heteroatoms. The summed E-state index contributed by atoms with van der Waals surface area (Å²) in [5, 5.41) is 26.8. The lowest BCUT2D eigenvalue weighted by Crippen LogP contribution is -2.29. The van der Waals surface area contributed by atoms with E-state index in [0.29, 0.717) is 17.2 Å². The van der Waals surface area contributed by atoms with E-state index in [-0.39, 0.29) is 12.0 Å². The maximum atomic E-state index is 10.8. The SMILES string of the molecule is CNc1ccc2ccc(CC[C@H]3C[C@@H](n4ccc5c(Cl)ncnc54)[C@H](O)[C@@H]3O)cc2n1. The summed E-state index contributed by atoms with van der Waals surface area (Å²) < 4.78 is 1.91. The number of nitrogens with zero attached hydrogens (tertiary/aromatic N) is 4. The van der Waals surface area contributed by atoms with Gasteiger partial charge >= 0.3 is 0 Å². The molecule has 4 aromatic rings. The minimum absolute atomic E-state index is 0.0120. The molecule has 5 rings (SSSR count). The van der Waals surface area contributed by atoms with Gasteiger partial charge in [-0.2, -0.15) is 0 Å². The largest absolute Gasteiger partial charge is 0.390 e. The van der Waals surface area contributed by atoms with Crippen molar-refractivity contribution >= 4 is 39.4 Å². The first-order valence-corrected chi connectivity index (χ1v) is 10.8. The van der Waals surface area contributed by atoms with E-state index < -0.39 is 12.2 Å². The van der Waals surface area contributed by atoms with Crippen molar-refractivity contribution < 1.29 is 10.2 Å². The van der Waals surface area contributed by atoms with Crippen LogP contribution in [0.1, 0.15) is 24.4 Å². The number of aliphatic hydroxyl groups is 2. The molecule has 1 aliphatic carbocycles. The molecule has 1 fully saturated rings. The molecule has 1 aliphatic rings. The molecule has 31 heavy (non-hydrogen) atoms. The summed E-state index contributed by atoms with van der Waals surface area (Å²) in [6.07, 6.45) is 3.90. The Balaban J connectivity index is 1.33. The number of nitrogens with one attached hydrogen (secondary N) is 1. The summed E-state index contributed by atoms with van der Waals surface area (Å²) in [5.74, 6) is 0.826. The van der Waals surface area contributed by atoms with Gasteiger partial charge < -0.3 is 20.1 Å². The van der Waals surface area contributed by atoms with Gasteiger partial charge in [-0.1, -0.05) is 23.7 Å². The van der Waals surface area contributed by atoms with Crippen LogP contribution in [-0.4, -0.2) is 49.0 Å². The number of aromatic nitrogens is 4. The highest BCUT2D eigenvalue weighted by atomic mass is 35.5. The van der Waals surface area contributed by atoms with E-state index in [1.165, 1.54) is 11.9 Å². The van der Waals surface area contributed by atoms with Gasteiger partial charge in [0.05, 0.1) is 23.0 Å². The topological polar surface area (TPSA) is 96.1 Å². The highest BCUT2D eigenvalue weighted by molar-refractivity contribution is 6.33. The molecule has 3 aromatic heterocycles. The molecular weight excluding hydrogens is 414 g/mol. The third-order valence-electron chi connectivity index (χ3n) is 6.41. The first-order valence-electron chi connectivity index (χ1n) is 10.5. The van der Waals surface area contributed by atoms with Gasteiger partial charge in [0.1, 0.15) is 29.0 Å². The molecule has 4 atom stereocenters. The van der Waals surface area contributed by atoms with Crippen LogP contribution >= 0.6 is 11.6 Å². The molecule has 7 nitrogen and oxygen atoms in total. The lowest BCUT2D eigenvalue weighted by atomic mass is 9.95. The van der Waals surface area contributed by atoms with E-state index in [0.717, 1.165) is 34.9 Å². The smallest absolute Gasteiger partial charge is 0.145 e. The monoisotopic (exact) mass is 437 g/mol. The predicted molar refractivity (Wildman–Crippen MR) is 121 cm³/mol. The van der Waals surface area contributed by atoms with E-state index in [9.17, 15) is 10.2 Å². The standard InChI is InChI=1S/C23H24ClN5O2/c1-25-19-7-6-14-4-2-13(10-17(14)28-19)3-5-15-11-18(21(31)20(15)30)29-9-8-16-22(24)26-12-27-23(16)29/h2,4,6-10,12,15,18,20-21,30-31H,3,5,11H2,1H3,(H,25,28)/t15-,18+,20+,21-/m0/s1. The van der Waals surface area contributed by atoms with Crippen molar-refractivity contribution in [3.05, 3.63) is 59.6 Å². The molecule has 0 aliphatic heterocycles. The zero-order valence-electron chi connectivity index (χ0n) is 17.1. The number of benzene rings is 1. The molecule has 1 aromatic carbocycles. The first kappa shape index (κ1) is 20.2. The van der Waals surface area contributed by atoms with E-state index in [1.54, 1.807) is 0 Å². The Bertz CT molecular complexity index is 1240. The molecule has 3 N–H and O–H groups in total. The summed E-state index contributed by atoms with van der Waals surface area (Å²) in [7, 11) is 1.86. The van der Waals surface area contributed by atoms with Crippen molar-refractivity contribution in [1.82, 2.24) is 19.5 Å². The van der Waals surface area contributed by atoms with Crippen molar-refractivity contribution in [2.45, 2.75) is 37.5 Å². The second-order valence-corrected chi connectivity index (χ2v) is 8.54. The fraction of sp³-hybridized carbons (Fsp3) is 0.348. The molecule has 160 valence electrons. The summed E-state index contributed by atoms with van der Waals surface area (Å²) >= 11 is 6.16. The number of anilines is 1. The number of fused-ring (bicyclic) bond motifs is 2. The average molecular weight is 438 g/mol. The van der Waals surface area contributed by atoms with Crippen LogP contribution in [0, 0.1) is 5.92 Å². The minimum atomic E-state index is -0.856. The van der Waals surface area contributed by atoms with Gasteiger partial charge in [-0.15, -0.1) is 0 Å². The molecule has 0 radical (unpaired) electrons. The molecule has 0 saturated heterocycles. The normalized spacial score (nSPS) is 23.6. The van der Waals surface area contributed by atoms with E-state index in [2.05, 4.69) is 44.5 Å². The van der Waals surface area contributed by atoms with Crippen LogP contribution in [0.3, 0.4) is 0 Å². The Kier molecular flexibility index (Phi) is 5.25. The van der Waals surface area contributed by atoms with Crippen molar-refractivity contribution in [2.24, 2.45) is 5.92 Å². The molecule has 0 spiro atoms. The van der Waals surface area contributed by atoms with Crippen molar-refractivity contribution in [3.63, 3.8) is 0 Å². The highest BCUT2D eigenvalue weighted by Gasteiger charge is 2.42. The van der Waals surface area contributed by atoms with Gasteiger partial charge in [-0.3, -0.25) is 0 Å². The summed E-state index contributed by atoms with van der Waals surface area (Å²) in [4.78, 5) is 13.0. The number of pyridine rings is 1. The van der Waals surface area contributed by atoms with Gasteiger partial charge in [0.15, 0.2) is 0 Å². The Hall–Kier alpha value is -2.74. The Labute approximate surface area is 184 Å². The Morgan fingerprint density at radius 1 is 1.13 bits per heavy atom. The van der Waals surface area contributed by atoms with Gasteiger partial charge in [0.25, 0.3) is 0 Å². The van der Waals surface area contributed by atoms with Crippen LogP contribution in [0.5, 0.6) is 0 Å². The first-order chi connectivity index (χ1) is 15.0. The quantitative estimate of drug-likeness (QED) is 0.413. The number of halogens is 1. The molecule has 3 heterocycles. The third kappa shape index (κ3) is 3.63.